The molecule has 1 aliphatic rings. The van der Waals surface area contributed by atoms with E-state index in [-0.39, 0.29) is 17.9 Å². The van der Waals surface area contributed by atoms with E-state index in [4.69, 9.17) is 5.73 Å². The Morgan fingerprint density at radius 1 is 1.55 bits per heavy atom. The van der Waals surface area contributed by atoms with Gasteiger partial charge in [0, 0.05) is 19.6 Å². The molecular weight excluding hydrogens is 304 g/mol. The van der Waals surface area contributed by atoms with Gasteiger partial charge >= 0.3 is 6.03 Å². The monoisotopic (exact) mass is 326 g/mol. The average Bonchev–Trinajstić information content (AvgIpc) is 3.02. The Morgan fingerprint density at radius 3 is 3.05 bits per heavy atom. The Kier molecular flexibility index (Phi) is 6.05. The number of primary amides is 1. The fraction of sp³-hybridized carbons (Fsp3) is 0.692. The van der Waals surface area contributed by atoms with Gasteiger partial charge in [0.2, 0.25) is 5.82 Å². The molecule has 0 unspecified atom stereocenters. The van der Waals surface area contributed by atoms with Crippen LogP contribution in [0.5, 0.6) is 0 Å². The first-order valence-corrected chi connectivity index (χ1v) is 8.74. The van der Waals surface area contributed by atoms with Gasteiger partial charge in [0.1, 0.15) is 6.33 Å². The first-order chi connectivity index (χ1) is 10.6. The predicted molar refractivity (Wildman–Crippen MR) is 84.8 cm³/mol. The molecule has 1 saturated heterocycles. The number of hydrogen-bond donors (Lipinski definition) is 2. The van der Waals surface area contributed by atoms with Crippen LogP contribution < -0.4 is 11.1 Å². The Balaban J connectivity index is 1.87. The summed E-state index contributed by atoms with van der Waals surface area (Å²) in [6, 6.07) is -0.00709. The van der Waals surface area contributed by atoms with E-state index in [2.05, 4.69) is 21.7 Å². The van der Waals surface area contributed by atoms with Gasteiger partial charge in [-0.1, -0.05) is 0 Å². The third kappa shape index (κ3) is 4.36. The SMILES string of the molecule is CSCCCNC(=O)N1CCC[C@@H](n2cnc(C(N)=O)n2)C1. The highest BCUT2D eigenvalue weighted by Crippen LogP contribution is 2.20. The zero-order chi connectivity index (χ0) is 15.9. The van der Waals surface area contributed by atoms with Crippen molar-refractivity contribution in [2.75, 3.05) is 31.6 Å². The second-order valence-electron chi connectivity index (χ2n) is 5.23. The lowest BCUT2D eigenvalue weighted by Crippen LogP contribution is -2.46. The van der Waals surface area contributed by atoms with Crippen LogP contribution in [-0.4, -0.2) is 63.2 Å². The summed E-state index contributed by atoms with van der Waals surface area (Å²) in [7, 11) is 0. The molecule has 2 rings (SSSR count). The summed E-state index contributed by atoms with van der Waals surface area (Å²) in [5.74, 6) is 0.411. The summed E-state index contributed by atoms with van der Waals surface area (Å²) in [5.41, 5.74) is 5.16. The molecule has 0 bridgehead atoms. The van der Waals surface area contributed by atoms with E-state index in [9.17, 15) is 9.59 Å². The van der Waals surface area contributed by atoms with E-state index in [0.29, 0.717) is 13.1 Å². The van der Waals surface area contributed by atoms with Gasteiger partial charge in [-0.25, -0.2) is 14.5 Å². The van der Waals surface area contributed by atoms with Crippen molar-refractivity contribution >= 4 is 23.7 Å². The fourth-order valence-electron chi connectivity index (χ4n) is 2.44. The second kappa shape index (κ2) is 8.02. The van der Waals surface area contributed by atoms with E-state index >= 15 is 0 Å². The summed E-state index contributed by atoms with van der Waals surface area (Å²) < 4.78 is 1.63. The van der Waals surface area contributed by atoms with Crippen molar-refractivity contribution in [3.05, 3.63) is 12.2 Å². The third-order valence-electron chi connectivity index (χ3n) is 3.59. The Morgan fingerprint density at radius 2 is 2.36 bits per heavy atom. The highest BCUT2D eigenvalue weighted by atomic mass is 32.2. The molecule has 22 heavy (non-hydrogen) atoms. The van der Waals surface area contributed by atoms with Crippen molar-refractivity contribution in [2.45, 2.75) is 25.3 Å². The van der Waals surface area contributed by atoms with Crippen LogP contribution in [0, 0.1) is 0 Å². The number of carbonyl (C=O) groups excluding carboxylic acids is 2. The first-order valence-electron chi connectivity index (χ1n) is 7.34. The third-order valence-corrected chi connectivity index (χ3v) is 4.29. The highest BCUT2D eigenvalue weighted by Gasteiger charge is 2.25. The molecule has 1 aromatic heterocycles. The molecule has 1 aromatic rings. The molecule has 1 fully saturated rings. The number of thioether (sulfide) groups is 1. The van der Waals surface area contributed by atoms with Crippen LogP contribution in [0.2, 0.25) is 0 Å². The maximum absolute atomic E-state index is 12.1. The molecule has 3 amide bonds. The number of carbonyl (C=O) groups is 2. The number of likely N-dealkylation sites (tertiary alicyclic amines) is 1. The second-order valence-corrected chi connectivity index (χ2v) is 6.22. The molecule has 0 radical (unpaired) electrons. The number of nitrogens with one attached hydrogen (secondary N) is 1. The number of nitrogens with two attached hydrogens (primary N) is 1. The number of urea groups is 1. The van der Waals surface area contributed by atoms with Gasteiger partial charge in [0.25, 0.3) is 5.91 Å². The minimum Gasteiger partial charge on any atom is -0.363 e. The summed E-state index contributed by atoms with van der Waals surface area (Å²) in [6.45, 7) is 1.99. The molecule has 0 aromatic carbocycles. The van der Waals surface area contributed by atoms with Crippen molar-refractivity contribution in [1.82, 2.24) is 25.0 Å². The molecular formula is C13H22N6O2S. The molecule has 0 aliphatic carbocycles. The summed E-state index contributed by atoms with van der Waals surface area (Å²) in [6.07, 6.45) is 6.32. The van der Waals surface area contributed by atoms with Gasteiger partial charge < -0.3 is 16.0 Å². The maximum Gasteiger partial charge on any atom is 0.317 e. The molecule has 1 aliphatic heterocycles. The van der Waals surface area contributed by atoms with E-state index in [0.717, 1.165) is 31.6 Å². The lowest BCUT2D eigenvalue weighted by atomic mass is 10.1. The zero-order valence-electron chi connectivity index (χ0n) is 12.7. The van der Waals surface area contributed by atoms with Crippen molar-refractivity contribution in [1.29, 1.82) is 0 Å². The fourth-order valence-corrected chi connectivity index (χ4v) is 2.88. The van der Waals surface area contributed by atoms with Gasteiger partial charge in [-0.2, -0.15) is 11.8 Å². The van der Waals surface area contributed by atoms with Crippen LogP contribution in [0.25, 0.3) is 0 Å². The van der Waals surface area contributed by atoms with Crippen LogP contribution in [0.3, 0.4) is 0 Å². The van der Waals surface area contributed by atoms with Crippen LogP contribution >= 0.6 is 11.8 Å². The van der Waals surface area contributed by atoms with E-state index in [1.165, 1.54) is 6.33 Å². The topological polar surface area (TPSA) is 106 Å². The Hall–Kier alpha value is -1.77. The smallest absolute Gasteiger partial charge is 0.317 e. The van der Waals surface area contributed by atoms with Crippen molar-refractivity contribution < 1.29 is 9.59 Å². The number of rotatable bonds is 6. The molecule has 3 N–H and O–H groups in total. The van der Waals surface area contributed by atoms with Crippen molar-refractivity contribution in [2.24, 2.45) is 5.73 Å². The number of piperidine rings is 1. The van der Waals surface area contributed by atoms with Gasteiger partial charge in [-0.3, -0.25) is 4.79 Å². The number of aromatic nitrogens is 3. The lowest BCUT2D eigenvalue weighted by Gasteiger charge is -2.32. The minimum absolute atomic E-state index is 0.0126. The highest BCUT2D eigenvalue weighted by molar-refractivity contribution is 7.98. The van der Waals surface area contributed by atoms with Crippen LogP contribution in [0.15, 0.2) is 6.33 Å². The van der Waals surface area contributed by atoms with E-state index < -0.39 is 5.91 Å². The van der Waals surface area contributed by atoms with Gasteiger partial charge in [-0.05, 0) is 31.3 Å². The molecule has 0 spiro atoms. The standard InChI is InChI=1S/C13H22N6O2S/c1-22-7-3-5-15-13(21)18-6-2-4-10(8-18)19-9-16-12(17-19)11(14)20/h9-10H,2-8H2,1H3,(H2,14,20)(H,15,21)/t10-/m1/s1. The first kappa shape index (κ1) is 16.6. The minimum atomic E-state index is -0.641. The quantitative estimate of drug-likeness (QED) is 0.739. The average molecular weight is 326 g/mol. The Labute approximate surface area is 133 Å². The van der Waals surface area contributed by atoms with Crippen molar-refractivity contribution in [3.63, 3.8) is 0 Å². The maximum atomic E-state index is 12.1. The van der Waals surface area contributed by atoms with Gasteiger partial charge in [-0.15, -0.1) is 5.10 Å². The van der Waals surface area contributed by atoms with Crippen LogP contribution in [0.1, 0.15) is 35.9 Å². The molecule has 8 nitrogen and oxygen atoms in total. The van der Waals surface area contributed by atoms with Crippen LogP contribution in [0.4, 0.5) is 4.79 Å². The molecule has 1 atom stereocenters. The lowest BCUT2D eigenvalue weighted by molar-refractivity contribution is 0.0989. The van der Waals surface area contributed by atoms with E-state index in [1.54, 1.807) is 21.3 Å². The molecule has 2 heterocycles. The number of amides is 3. The normalized spacial score (nSPS) is 18.2. The molecule has 9 heteroatoms. The summed E-state index contributed by atoms with van der Waals surface area (Å²) in [5, 5.41) is 7.02. The number of nitrogens with zero attached hydrogens (tertiary/aromatic N) is 4. The van der Waals surface area contributed by atoms with Gasteiger partial charge in [0.15, 0.2) is 0 Å². The largest absolute Gasteiger partial charge is 0.363 e. The Bertz CT molecular complexity index is 520. The molecule has 0 saturated carbocycles. The van der Waals surface area contributed by atoms with Gasteiger partial charge in [0.05, 0.1) is 6.04 Å². The summed E-state index contributed by atoms with van der Waals surface area (Å²) in [4.78, 5) is 28.9. The summed E-state index contributed by atoms with van der Waals surface area (Å²) >= 11 is 1.77. The van der Waals surface area contributed by atoms with Crippen molar-refractivity contribution in [3.8, 4) is 0 Å². The van der Waals surface area contributed by atoms with E-state index in [1.807, 2.05) is 0 Å². The predicted octanol–water partition coefficient (Wildman–Crippen LogP) is 0.477. The molecule has 122 valence electrons. The number of hydrogen-bond acceptors (Lipinski definition) is 5. The van der Waals surface area contributed by atoms with Crippen LogP contribution in [-0.2, 0) is 0 Å². The zero-order valence-corrected chi connectivity index (χ0v) is 13.5.